The maximum Gasteiger partial charge on any atom is 0.337 e. The fraction of sp³-hybridized carbons (Fsp3) is 0.476. The number of aliphatic hydroxyl groups is 1. The minimum absolute atomic E-state index is 0.420. The number of rotatable bonds is 7. The van der Waals surface area contributed by atoms with Gasteiger partial charge >= 0.3 is 5.97 Å². The van der Waals surface area contributed by atoms with Crippen LogP contribution in [0.2, 0.25) is 0 Å². The first-order chi connectivity index (χ1) is 12.0. The van der Waals surface area contributed by atoms with E-state index in [4.69, 9.17) is 4.74 Å². The van der Waals surface area contributed by atoms with E-state index in [9.17, 15) is 9.90 Å². The lowest BCUT2D eigenvalue weighted by atomic mass is 10.1. The highest BCUT2D eigenvalue weighted by Crippen LogP contribution is 2.16. The first kappa shape index (κ1) is 20.8. The van der Waals surface area contributed by atoms with Crippen LogP contribution in [0.15, 0.2) is 24.3 Å². The molecule has 0 aliphatic heterocycles. The maximum atomic E-state index is 11.5. The molecule has 134 valence electrons. The number of methoxy groups -OCH3 is 2. The van der Waals surface area contributed by atoms with Gasteiger partial charge in [0.2, 0.25) is 5.79 Å². The van der Waals surface area contributed by atoms with E-state index in [2.05, 4.69) is 28.4 Å². The van der Waals surface area contributed by atoms with Crippen LogP contribution in [0.5, 0.6) is 0 Å². The number of benzene rings is 1. The Kier molecular flexibility index (Phi) is 9.40. The summed E-state index contributed by atoms with van der Waals surface area (Å²) in [5.41, 5.74) is 1.04. The fourth-order valence-corrected chi connectivity index (χ4v) is 2.20. The van der Waals surface area contributed by atoms with Gasteiger partial charge in [0.05, 0.1) is 12.7 Å². The monoisotopic (exact) mass is 342 g/mol. The molecule has 0 fully saturated rings. The second kappa shape index (κ2) is 11.3. The summed E-state index contributed by atoms with van der Waals surface area (Å²) in [6, 6.07) is 6.77. The molecule has 0 spiro atoms. The molecule has 1 rings (SSSR count). The van der Waals surface area contributed by atoms with Crippen molar-refractivity contribution < 1.29 is 19.4 Å². The van der Waals surface area contributed by atoms with Crippen LogP contribution in [0.4, 0.5) is 0 Å². The van der Waals surface area contributed by atoms with E-state index in [0.29, 0.717) is 17.5 Å². The predicted molar refractivity (Wildman–Crippen MR) is 97.8 cm³/mol. The molecule has 1 atom stereocenters. The van der Waals surface area contributed by atoms with Crippen molar-refractivity contribution in [1.29, 1.82) is 0 Å². The molecule has 0 saturated carbocycles. The molecule has 1 aromatic rings. The highest BCUT2D eigenvalue weighted by Gasteiger charge is 2.22. The van der Waals surface area contributed by atoms with Gasteiger partial charge < -0.3 is 14.6 Å². The zero-order chi connectivity index (χ0) is 18.5. The van der Waals surface area contributed by atoms with Crippen LogP contribution in [-0.4, -0.2) is 31.1 Å². The second-order valence-electron chi connectivity index (χ2n) is 5.58. The minimum Gasteiger partial charge on any atom is -0.465 e. The van der Waals surface area contributed by atoms with E-state index >= 15 is 0 Å². The smallest absolute Gasteiger partial charge is 0.337 e. The fourth-order valence-electron chi connectivity index (χ4n) is 2.20. The number of hydrogen-bond donors (Lipinski definition) is 1. The van der Waals surface area contributed by atoms with Gasteiger partial charge in [-0.05, 0) is 37.0 Å². The Morgan fingerprint density at radius 1 is 1.20 bits per heavy atom. The van der Waals surface area contributed by atoms with E-state index in [-0.39, 0.29) is 0 Å². The van der Waals surface area contributed by atoms with Gasteiger partial charge in [0, 0.05) is 31.9 Å². The van der Waals surface area contributed by atoms with Crippen LogP contribution in [0.3, 0.4) is 0 Å². The molecular weight excluding hydrogens is 316 g/mol. The van der Waals surface area contributed by atoms with Crippen molar-refractivity contribution >= 4 is 5.97 Å². The lowest BCUT2D eigenvalue weighted by molar-refractivity contribution is -0.143. The van der Waals surface area contributed by atoms with Crippen molar-refractivity contribution in [2.24, 2.45) is 0 Å². The Morgan fingerprint density at radius 2 is 2.00 bits per heavy atom. The molecule has 1 unspecified atom stereocenters. The number of unbranched alkanes of at least 4 members (excludes halogenated alkanes) is 3. The van der Waals surface area contributed by atoms with Crippen molar-refractivity contribution in [2.45, 2.75) is 51.2 Å². The van der Waals surface area contributed by atoms with E-state index < -0.39 is 11.8 Å². The van der Waals surface area contributed by atoms with Crippen LogP contribution in [0, 0.1) is 23.7 Å². The molecule has 4 heteroatoms. The van der Waals surface area contributed by atoms with Crippen LogP contribution in [0.25, 0.3) is 0 Å². The summed E-state index contributed by atoms with van der Waals surface area (Å²) in [5.74, 6) is 9.87. The summed E-state index contributed by atoms with van der Waals surface area (Å²) in [7, 11) is 2.77. The van der Waals surface area contributed by atoms with E-state index in [1.54, 1.807) is 24.3 Å². The number of carbonyl (C=O) groups excluding carboxylic acids is 1. The molecule has 1 aromatic carbocycles. The van der Waals surface area contributed by atoms with Crippen molar-refractivity contribution in [3.8, 4) is 23.7 Å². The predicted octanol–water partition coefficient (Wildman–Crippen LogP) is 3.52. The molecule has 0 aliphatic rings. The molecule has 0 radical (unpaired) electrons. The van der Waals surface area contributed by atoms with Crippen LogP contribution in [0.1, 0.15) is 61.4 Å². The Bertz CT molecular complexity index is 672. The van der Waals surface area contributed by atoms with Crippen molar-refractivity contribution in [3.05, 3.63) is 35.4 Å². The molecule has 0 bridgehead atoms. The molecular formula is C21H26O4. The molecule has 0 aromatic heterocycles. The molecule has 0 saturated heterocycles. The molecule has 1 N–H and O–H groups in total. The van der Waals surface area contributed by atoms with E-state index in [1.165, 1.54) is 14.2 Å². The Hall–Kier alpha value is -2.27. The minimum atomic E-state index is -1.49. The summed E-state index contributed by atoms with van der Waals surface area (Å²) >= 11 is 0. The lowest BCUT2D eigenvalue weighted by Crippen LogP contribution is -2.28. The standard InChI is InChI=1S/C21H26O4/c1-4-5-6-7-8-9-10-15-21(23,25-3)16-14-18-12-11-13-19(17-18)20(22)24-2/h11-13,17,23H,4,7-10,15H2,1-3H3. The first-order valence-electron chi connectivity index (χ1n) is 8.49. The third-order valence-electron chi connectivity index (χ3n) is 3.64. The highest BCUT2D eigenvalue weighted by atomic mass is 16.6. The van der Waals surface area contributed by atoms with Crippen molar-refractivity contribution in [1.82, 2.24) is 0 Å². The van der Waals surface area contributed by atoms with E-state index in [0.717, 1.165) is 32.1 Å². The maximum absolute atomic E-state index is 11.5. The number of esters is 1. The molecule has 0 aliphatic carbocycles. The van der Waals surface area contributed by atoms with Crippen molar-refractivity contribution in [3.63, 3.8) is 0 Å². The second-order valence-corrected chi connectivity index (χ2v) is 5.58. The third kappa shape index (κ3) is 7.90. The van der Waals surface area contributed by atoms with Crippen LogP contribution >= 0.6 is 0 Å². The van der Waals surface area contributed by atoms with Gasteiger partial charge in [-0.3, -0.25) is 0 Å². The normalized spacial score (nSPS) is 12.2. The average Bonchev–Trinajstić information content (AvgIpc) is 2.65. The quantitative estimate of drug-likeness (QED) is 0.356. The Labute approximate surface area is 150 Å². The molecule has 25 heavy (non-hydrogen) atoms. The van der Waals surface area contributed by atoms with Crippen LogP contribution < -0.4 is 0 Å². The molecule has 4 nitrogen and oxygen atoms in total. The summed E-state index contributed by atoms with van der Waals surface area (Å²) in [6.07, 6.45) is 4.95. The lowest BCUT2D eigenvalue weighted by Gasteiger charge is -2.19. The van der Waals surface area contributed by atoms with Gasteiger partial charge in [0.1, 0.15) is 0 Å². The van der Waals surface area contributed by atoms with Gasteiger partial charge in [0.25, 0.3) is 0 Å². The first-order valence-corrected chi connectivity index (χ1v) is 8.49. The summed E-state index contributed by atoms with van der Waals surface area (Å²) in [6.45, 7) is 2.03. The summed E-state index contributed by atoms with van der Waals surface area (Å²) in [5, 5.41) is 10.4. The zero-order valence-electron chi connectivity index (χ0n) is 15.2. The Balaban J connectivity index is 2.62. The van der Waals surface area contributed by atoms with Gasteiger partial charge in [-0.2, -0.15) is 0 Å². The average molecular weight is 342 g/mol. The molecule has 0 heterocycles. The van der Waals surface area contributed by atoms with Gasteiger partial charge in [-0.25, -0.2) is 4.79 Å². The largest absolute Gasteiger partial charge is 0.465 e. The van der Waals surface area contributed by atoms with Gasteiger partial charge in [-0.1, -0.05) is 25.3 Å². The van der Waals surface area contributed by atoms with E-state index in [1.807, 2.05) is 6.92 Å². The number of ether oxygens (including phenoxy) is 2. The van der Waals surface area contributed by atoms with Gasteiger partial charge in [-0.15, -0.1) is 11.8 Å². The summed E-state index contributed by atoms with van der Waals surface area (Å²) in [4.78, 5) is 11.5. The van der Waals surface area contributed by atoms with Crippen LogP contribution in [-0.2, 0) is 9.47 Å². The van der Waals surface area contributed by atoms with Crippen molar-refractivity contribution in [2.75, 3.05) is 14.2 Å². The van der Waals surface area contributed by atoms with Gasteiger partial charge in [0.15, 0.2) is 0 Å². The zero-order valence-corrected chi connectivity index (χ0v) is 15.2. The topological polar surface area (TPSA) is 55.8 Å². The summed E-state index contributed by atoms with van der Waals surface area (Å²) < 4.78 is 9.85. The SMILES string of the molecule is CCC#CCCCCCC(O)(C#Cc1cccc(C(=O)OC)c1)OC. The Morgan fingerprint density at radius 3 is 2.68 bits per heavy atom. The number of carbonyl (C=O) groups is 1. The third-order valence-corrected chi connectivity index (χ3v) is 3.64. The molecule has 0 amide bonds. The highest BCUT2D eigenvalue weighted by molar-refractivity contribution is 5.89. The number of hydrogen-bond acceptors (Lipinski definition) is 4.